The molecule has 1 N–H and O–H groups in total. The van der Waals surface area contributed by atoms with Crippen molar-refractivity contribution in [3.8, 4) is 0 Å². The third kappa shape index (κ3) is 9.70. The molecular weight excluding hydrogens is 134 g/mol. The van der Waals surface area contributed by atoms with Crippen molar-refractivity contribution in [1.82, 2.24) is 5.32 Å². The van der Waals surface area contributed by atoms with Crippen molar-refractivity contribution in [2.24, 2.45) is 0 Å². The largest absolute Gasteiger partial charge is 0.315 e. The standard InChI is InChI=1S/C10H21N/c1-4-5-6-7-8-9-11-10(2)3/h4-5,10-11H,6-9H2,1-3H3/b5-4-. The number of nitrogens with one attached hydrogen (secondary N) is 1. The Hall–Kier alpha value is -0.300. The van der Waals surface area contributed by atoms with Crippen molar-refractivity contribution in [3.63, 3.8) is 0 Å². The first-order valence-corrected chi connectivity index (χ1v) is 4.62. The number of hydrogen-bond donors (Lipinski definition) is 1. The molecule has 0 aliphatic heterocycles. The zero-order valence-corrected chi connectivity index (χ0v) is 8.06. The molecule has 0 unspecified atom stereocenters. The van der Waals surface area contributed by atoms with Crippen LogP contribution >= 0.6 is 0 Å². The first kappa shape index (κ1) is 10.7. The lowest BCUT2D eigenvalue weighted by Crippen LogP contribution is -2.23. The van der Waals surface area contributed by atoms with E-state index in [2.05, 4.69) is 38.2 Å². The van der Waals surface area contributed by atoms with Crippen LogP contribution in [0.1, 0.15) is 40.0 Å². The quantitative estimate of drug-likeness (QED) is 0.459. The van der Waals surface area contributed by atoms with E-state index in [1.54, 1.807) is 0 Å². The maximum absolute atomic E-state index is 3.40. The maximum Gasteiger partial charge on any atom is 0.00103 e. The molecule has 0 radical (unpaired) electrons. The number of allylic oxidation sites excluding steroid dienone is 2. The molecule has 0 fully saturated rings. The van der Waals surface area contributed by atoms with Gasteiger partial charge in [-0.2, -0.15) is 0 Å². The van der Waals surface area contributed by atoms with Crippen LogP contribution in [0, 0.1) is 0 Å². The molecule has 0 atom stereocenters. The molecule has 0 aromatic rings. The lowest BCUT2D eigenvalue weighted by Gasteiger charge is -2.06. The zero-order valence-electron chi connectivity index (χ0n) is 8.06. The second-order valence-electron chi connectivity index (χ2n) is 3.17. The second kappa shape index (κ2) is 7.80. The number of rotatable bonds is 6. The van der Waals surface area contributed by atoms with E-state index in [-0.39, 0.29) is 0 Å². The maximum atomic E-state index is 3.40. The van der Waals surface area contributed by atoms with E-state index in [0.717, 1.165) is 6.54 Å². The van der Waals surface area contributed by atoms with Crippen LogP contribution in [0.2, 0.25) is 0 Å². The normalized spacial score (nSPS) is 11.6. The van der Waals surface area contributed by atoms with Gasteiger partial charge >= 0.3 is 0 Å². The van der Waals surface area contributed by atoms with Crippen LogP contribution in [0.5, 0.6) is 0 Å². The fourth-order valence-electron chi connectivity index (χ4n) is 0.945. The molecule has 1 heteroatoms. The summed E-state index contributed by atoms with van der Waals surface area (Å²) in [5.74, 6) is 0. The van der Waals surface area contributed by atoms with E-state index in [9.17, 15) is 0 Å². The van der Waals surface area contributed by atoms with Crippen molar-refractivity contribution >= 4 is 0 Å². The van der Waals surface area contributed by atoms with Crippen LogP contribution < -0.4 is 5.32 Å². The van der Waals surface area contributed by atoms with Crippen molar-refractivity contribution < 1.29 is 0 Å². The van der Waals surface area contributed by atoms with Gasteiger partial charge in [-0.3, -0.25) is 0 Å². The second-order valence-corrected chi connectivity index (χ2v) is 3.17. The molecule has 1 nitrogen and oxygen atoms in total. The fourth-order valence-corrected chi connectivity index (χ4v) is 0.945. The Balaban J connectivity index is 2.91. The molecule has 0 saturated carbocycles. The summed E-state index contributed by atoms with van der Waals surface area (Å²) < 4.78 is 0. The predicted molar refractivity (Wildman–Crippen MR) is 51.8 cm³/mol. The van der Waals surface area contributed by atoms with Crippen molar-refractivity contribution in [2.45, 2.75) is 46.1 Å². The van der Waals surface area contributed by atoms with Gasteiger partial charge in [0.2, 0.25) is 0 Å². The number of hydrogen-bond acceptors (Lipinski definition) is 1. The monoisotopic (exact) mass is 155 g/mol. The van der Waals surface area contributed by atoms with Gasteiger partial charge in [-0.15, -0.1) is 0 Å². The van der Waals surface area contributed by atoms with Gasteiger partial charge in [-0.1, -0.05) is 26.0 Å². The van der Waals surface area contributed by atoms with Gasteiger partial charge in [0.1, 0.15) is 0 Å². The van der Waals surface area contributed by atoms with E-state index >= 15 is 0 Å². The summed E-state index contributed by atoms with van der Waals surface area (Å²) >= 11 is 0. The highest BCUT2D eigenvalue weighted by atomic mass is 14.9. The molecular formula is C10H21N. The Bertz CT molecular complexity index is 95.0. The highest BCUT2D eigenvalue weighted by Crippen LogP contribution is 1.95. The Kier molecular flexibility index (Phi) is 7.59. The molecule has 66 valence electrons. The van der Waals surface area contributed by atoms with E-state index < -0.39 is 0 Å². The molecule has 0 saturated heterocycles. The van der Waals surface area contributed by atoms with Crippen molar-refractivity contribution in [3.05, 3.63) is 12.2 Å². The van der Waals surface area contributed by atoms with Crippen molar-refractivity contribution in [1.29, 1.82) is 0 Å². The Morgan fingerprint density at radius 3 is 2.55 bits per heavy atom. The highest BCUT2D eigenvalue weighted by molar-refractivity contribution is 4.76. The van der Waals surface area contributed by atoms with Gasteiger partial charge in [-0.05, 0) is 32.7 Å². The predicted octanol–water partition coefficient (Wildman–Crippen LogP) is 2.73. The third-order valence-corrected chi connectivity index (χ3v) is 1.59. The lowest BCUT2D eigenvalue weighted by atomic mass is 10.2. The number of unbranched alkanes of at least 4 members (excludes halogenated alkanes) is 2. The van der Waals surface area contributed by atoms with Crippen LogP contribution in [0.4, 0.5) is 0 Å². The fraction of sp³-hybridized carbons (Fsp3) is 0.800. The first-order chi connectivity index (χ1) is 5.27. The molecule has 0 amide bonds. The molecule has 0 aliphatic rings. The topological polar surface area (TPSA) is 12.0 Å². The molecule has 0 spiro atoms. The summed E-state index contributed by atoms with van der Waals surface area (Å²) in [5.41, 5.74) is 0. The van der Waals surface area contributed by atoms with E-state index in [1.165, 1.54) is 19.3 Å². The van der Waals surface area contributed by atoms with E-state index in [0.29, 0.717) is 6.04 Å². The minimum atomic E-state index is 0.636. The summed E-state index contributed by atoms with van der Waals surface area (Å²) in [6.45, 7) is 7.61. The van der Waals surface area contributed by atoms with Gasteiger partial charge < -0.3 is 5.32 Å². The average Bonchev–Trinajstić information content (AvgIpc) is 1.96. The summed E-state index contributed by atoms with van der Waals surface area (Å²) in [7, 11) is 0. The minimum Gasteiger partial charge on any atom is -0.315 e. The molecule has 11 heavy (non-hydrogen) atoms. The first-order valence-electron chi connectivity index (χ1n) is 4.62. The van der Waals surface area contributed by atoms with Crippen LogP contribution in [0.3, 0.4) is 0 Å². The summed E-state index contributed by atoms with van der Waals surface area (Å²) in [6.07, 6.45) is 8.19. The summed E-state index contributed by atoms with van der Waals surface area (Å²) in [5, 5.41) is 3.40. The summed E-state index contributed by atoms with van der Waals surface area (Å²) in [4.78, 5) is 0. The smallest absolute Gasteiger partial charge is 0.00103 e. The van der Waals surface area contributed by atoms with Gasteiger partial charge in [0.05, 0.1) is 0 Å². The lowest BCUT2D eigenvalue weighted by molar-refractivity contribution is 0.559. The van der Waals surface area contributed by atoms with Crippen LogP contribution in [0.15, 0.2) is 12.2 Å². The van der Waals surface area contributed by atoms with Gasteiger partial charge in [0.25, 0.3) is 0 Å². The molecule has 0 aromatic carbocycles. The zero-order chi connectivity index (χ0) is 8.53. The van der Waals surface area contributed by atoms with E-state index in [4.69, 9.17) is 0 Å². The third-order valence-electron chi connectivity index (χ3n) is 1.59. The average molecular weight is 155 g/mol. The van der Waals surface area contributed by atoms with Crippen LogP contribution in [-0.4, -0.2) is 12.6 Å². The highest BCUT2D eigenvalue weighted by Gasteiger charge is 1.89. The minimum absolute atomic E-state index is 0.636. The molecule has 0 aromatic heterocycles. The van der Waals surface area contributed by atoms with Crippen LogP contribution in [0.25, 0.3) is 0 Å². The van der Waals surface area contributed by atoms with E-state index in [1.807, 2.05) is 0 Å². The molecule has 0 aliphatic carbocycles. The summed E-state index contributed by atoms with van der Waals surface area (Å²) in [6, 6.07) is 0.636. The van der Waals surface area contributed by atoms with Gasteiger partial charge in [0.15, 0.2) is 0 Å². The molecule has 0 rings (SSSR count). The Labute approximate surface area is 70.9 Å². The van der Waals surface area contributed by atoms with Gasteiger partial charge in [-0.25, -0.2) is 0 Å². The Morgan fingerprint density at radius 1 is 1.27 bits per heavy atom. The van der Waals surface area contributed by atoms with Crippen molar-refractivity contribution in [2.75, 3.05) is 6.54 Å². The van der Waals surface area contributed by atoms with Gasteiger partial charge in [0, 0.05) is 6.04 Å². The van der Waals surface area contributed by atoms with Crippen LogP contribution in [-0.2, 0) is 0 Å². The SMILES string of the molecule is C/C=C\CCCCNC(C)C. The molecule has 0 heterocycles. The molecule has 0 bridgehead atoms. The Morgan fingerprint density at radius 2 is 2.00 bits per heavy atom.